The van der Waals surface area contributed by atoms with Gasteiger partial charge in [0, 0.05) is 27.0 Å². The molecule has 0 saturated carbocycles. The number of nitrogens with one attached hydrogen (secondary N) is 2. The van der Waals surface area contributed by atoms with Crippen molar-refractivity contribution in [2.45, 2.75) is 19.3 Å². The number of rotatable bonds is 4. The number of methoxy groups -OCH3 is 2. The topological polar surface area (TPSA) is 72.5 Å². The summed E-state index contributed by atoms with van der Waals surface area (Å²) in [7, 11) is 3.08. The zero-order valence-corrected chi connectivity index (χ0v) is 19.8. The maximum Gasteiger partial charge on any atom is 0.433 e. The molecule has 2 N–H and O–H groups in total. The van der Waals surface area contributed by atoms with Gasteiger partial charge >= 0.3 is 6.18 Å². The van der Waals surface area contributed by atoms with Crippen LogP contribution < -0.4 is 20.1 Å². The number of ether oxygens (including phenoxy) is 2. The molecule has 0 saturated heterocycles. The standard InChI is InChI=1S/C23H18F3N3O3S2/c1-10-13(31-2)7-6-11(18(10)32-3)20-28-17-16-12(14-5-4-8-33-14)9-15(23(24,25)26)27-22(16)34-19(17)21(30)29-20/h4-9,20,28H,1-3H3,(H,29,30). The molecule has 0 radical (unpaired) electrons. The van der Waals surface area contributed by atoms with Gasteiger partial charge in [0.2, 0.25) is 0 Å². The predicted molar refractivity (Wildman–Crippen MR) is 126 cm³/mol. The predicted octanol–water partition coefficient (Wildman–Crippen LogP) is 6.22. The lowest BCUT2D eigenvalue weighted by Gasteiger charge is -2.28. The van der Waals surface area contributed by atoms with Crippen molar-refractivity contribution in [2.75, 3.05) is 19.5 Å². The summed E-state index contributed by atoms with van der Waals surface area (Å²) in [5.41, 5.74) is 1.26. The molecule has 11 heteroatoms. The molecule has 0 bridgehead atoms. The van der Waals surface area contributed by atoms with Crippen molar-refractivity contribution < 1.29 is 27.4 Å². The van der Waals surface area contributed by atoms with E-state index in [9.17, 15) is 18.0 Å². The molecule has 1 amide bonds. The van der Waals surface area contributed by atoms with Crippen LogP contribution >= 0.6 is 22.7 Å². The monoisotopic (exact) mass is 505 g/mol. The normalized spacial score (nSPS) is 15.6. The summed E-state index contributed by atoms with van der Waals surface area (Å²) in [6, 6.07) is 8.12. The van der Waals surface area contributed by atoms with Gasteiger partial charge in [0.05, 0.1) is 19.9 Å². The fraction of sp³-hybridized carbons (Fsp3) is 0.217. The van der Waals surface area contributed by atoms with Crippen molar-refractivity contribution in [1.82, 2.24) is 10.3 Å². The van der Waals surface area contributed by atoms with Crippen molar-refractivity contribution in [1.29, 1.82) is 0 Å². The van der Waals surface area contributed by atoms with Crippen LogP contribution in [0.1, 0.15) is 32.7 Å². The van der Waals surface area contributed by atoms with E-state index in [1.165, 1.54) is 18.4 Å². The summed E-state index contributed by atoms with van der Waals surface area (Å²) in [4.78, 5) is 18.0. The number of alkyl halides is 3. The number of pyridine rings is 1. The van der Waals surface area contributed by atoms with E-state index >= 15 is 0 Å². The molecule has 4 aromatic rings. The van der Waals surface area contributed by atoms with E-state index in [2.05, 4.69) is 15.6 Å². The molecule has 4 heterocycles. The summed E-state index contributed by atoms with van der Waals surface area (Å²) >= 11 is 2.26. The number of benzene rings is 1. The summed E-state index contributed by atoms with van der Waals surface area (Å²) in [6.45, 7) is 1.84. The maximum atomic E-state index is 13.6. The number of amides is 1. The van der Waals surface area contributed by atoms with Crippen LogP contribution in [-0.2, 0) is 6.18 Å². The molecule has 1 aliphatic rings. The van der Waals surface area contributed by atoms with E-state index < -0.39 is 23.9 Å². The minimum atomic E-state index is -4.61. The number of fused-ring (bicyclic) bond motifs is 3. The number of carbonyl (C=O) groups is 1. The molecule has 1 atom stereocenters. The van der Waals surface area contributed by atoms with E-state index in [0.717, 1.165) is 23.0 Å². The van der Waals surface area contributed by atoms with Gasteiger partial charge in [-0.15, -0.1) is 22.7 Å². The lowest BCUT2D eigenvalue weighted by atomic mass is 10.0. The van der Waals surface area contributed by atoms with Crippen molar-refractivity contribution in [3.63, 3.8) is 0 Å². The van der Waals surface area contributed by atoms with Crippen LogP contribution in [0.3, 0.4) is 0 Å². The maximum absolute atomic E-state index is 13.6. The fourth-order valence-electron chi connectivity index (χ4n) is 4.11. The van der Waals surface area contributed by atoms with Crippen LogP contribution in [-0.4, -0.2) is 25.1 Å². The van der Waals surface area contributed by atoms with Gasteiger partial charge < -0.3 is 20.1 Å². The van der Waals surface area contributed by atoms with Crippen molar-refractivity contribution in [3.8, 4) is 21.9 Å². The third-order valence-corrected chi connectivity index (χ3v) is 7.62. The smallest absolute Gasteiger partial charge is 0.433 e. The lowest BCUT2D eigenvalue weighted by Crippen LogP contribution is -2.37. The lowest BCUT2D eigenvalue weighted by molar-refractivity contribution is -0.140. The van der Waals surface area contributed by atoms with Gasteiger partial charge in [0.1, 0.15) is 33.1 Å². The summed E-state index contributed by atoms with van der Waals surface area (Å²) in [6.07, 6.45) is -5.28. The molecule has 5 rings (SSSR count). The molecule has 0 fully saturated rings. The number of hydrogen-bond acceptors (Lipinski definition) is 7. The molecule has 1 unspecified atom stereocenters. The number of nitrogens with zero attached hydrogens (tertiary/aromatic N) is 1. The number of halogens is 3. The number of carbonyl (C=O) groups excluding carboxylic acids is 1. The Hall–Kier alpha value is -3.31. The van der Waals surface area contributed by atoms with Crippen LogP contribution in [0.5, 0.6) is 11.5 Å². The number of hydrogen-bond donors (Lipinski definition) is 2. The van der Waals surface area contributed by atoms with Gasteiger partial charge in [-0.1, -0.05) is 6.07 Å². The van der Waals surface area contributed by atoms with Crippen LogP contribution in [0.4, 0.5) is 18.9 Å². The van der Waals surface area contributed by atoms with Crippen molar-refractivity contribution in [3.05, 3.63) is 57.4 Å². The van der Waals surface area contributed by atoms with Crippen molar-refractivity contribution >= 4 is 44.5 Å². The van der Waals surface area contributed by atoms with Crippen LogP contribution in [0, 0.1) is 6.92 Å². The first-order valence-electron chi connectivity index (χ1n) is 10.1. The molecule has 34 heavy (non-hydrogen) atoms. The second-order valence-electron chi connectivity index (χ2n) is 7.58. The Kier molecular flexibility index (Phi) is 5.40. The molecule has 6 nitrogen and oxygen atoms in total. The Bertz CT molecular complexity index is 1410. The highest BCUT2D eigenvalue weighted by atomic mass is 32.1. The Morgan fingerprint density at radius 3 is 2.56 bits per heavy atom. The highest BCUT2D eigenvalue weighted by Crippen LogP contribution is 2.47. The van der Waals surface area contributed by atoms with E-state index in [1.54, 1.807) is 36.8 Å². The van der Waals surface area contributed by atoms with Gasteiger partial charge in [0.15, 0.2) is 0 Å². The molecule has 0 aliphatic carbocycles. The molecule has 1 aliphatic heterocycles. The highest BCUT2D eigenvalue weighted by Gasteiger charge is 2.37. The van der Waals surface area contributed by atoms with Gasteiger partial charge in [-0.3, -0.25) is 4.79 Å². The largest absolute Gasteiger partial charge is 0.496 e. The minimum Gasteiger partial charge on any atom is -0.496 e. The van der Waals surface area contributed by atoms with Crippen LogP contribution in [0.15, 0.2) is 35.7 Å². The van der Waals surface area contributed by atoms with Gasteiger partial charge in [0.25, 0.3) is 5.91 Å². The van der Waals surface area contributed by atoms with E-state index in [0.29, 0.717) is 38.6 Å². The summed E-state index contributed by atoms with van der Waals surface area (Å²) < 4.78 is 51.7. The highest BCUT2D eigenvalue weighted by molar-refractivity contribution is 7.21. The van der Waals surface area contributed by atoms with E-state index in [-0.39, 0.29) is 9.71 Å². The minimum absolute atomic E-state index is 0.143. The average Bonchev–Trinajstić information content (AvgIpc) is 3.46. The van der Waals surface area contributed by atoms with E-state index in [4.69, 9.17) is 9.47 Å². The molecular weight excluding hydrogens is 487 g/mol. The number of aromatic nitrogens is 1. The molecule has 0 spiro atoms. The Morgan fingerprint density at radius 1 is 1.12 bits per heavy atom. The van der Waals surface area contributed by atoms with Gasteiger partial charge in [-0.05, 0) is 36.6 Å². The zero-order valence-electron chi connectivity index (χ0n) is 18.2. The first-order chi connectivity index (χ1) is 16.2. The fourth-order valence-corrected chi connectivity index (χ4v) is 5.93. The zero-order chi connectivity index (χ0) is 24.2. The SMILES string of the molecule is COc1ccc(C2NC(=O)c3sc4nc(C(F)(F)F)cc(-c5cccs5)c4c3N2)c(OC)c1C. The quantitative estimate of drug-likeness (QED) is 0.344. The first kappa shape index (κ1) is 22.5. The summed E-state index contributed by atoms with van der Waals surface area (Å²) in [5, 5.41) is 8.47. The number of thiophene rings is 2. The van der Waals surface area contributed by atoms with Gasteiger partial charge in [-0.2, -0.15) is 13.2 Å². The summed E-state index contributed by atoms with van der Waals surface area (Å²) in [5.74, 6) is 0.771. The van der Waals surface area contributed by atoms with Crippen LogP contribution in [0.2, 0.25) is 0 Å². The number of anilines is 1. The second-order valence-corrected chi connectivity index (χ2v) is 9.53. The van der Waals surface area contributed by atoms with E-state index in [1.807, 2.05) is 6.92 Å². The Morgan fingerprint density at radius 2 is 1.91 bits per heavy atom. The molecule has 3 aromatic heterocycles. The average molecular weight is 506 g/mol. The third-order valence-electron chi connectivity index (χ3n) is 5.63. The molecular formula is C23H18F3N3O3S2. The second kappa shape index (κ2) is 8.17. The molecule has 1 aromatic carbocycles. The van der Waals surface area contributed by atoms with Crippen molar-refractivity contribution in [2.24, 2.45) is 0 Å². The Balaban J connectivity index is 1.70. The first-order valence-corrected chi connectivity index (χ1v) is 11.8. The molecule has 176 valence electrons. The van der Waals surface area contributed by atoms with Crippen LogP contribution in [0.25, 0.3) is 20.7 Å². The Labute approximate surface area is 200 Å². The third kappa shape index (κ3) is 3.55. The van der Waals surface area contributed by atoms with Gasteiger partial charge in [-0.25, -0.2) is 4.98 Å².